The van der Waals surface area contributed by atoms with Gasteiger partial charge in [0, 0.05) is 21.9 Å². The van der Waals surface area contributed by atoms with Crippen LogP contribution in [-0.2, 0) is 0 Å². The fourth-order valence-electron chi connectivity index (χ4n) is 4.52. The lowest BCUT2D eigenvalue weighted by Gasteiger charge is -2.07. The molecular weight excluding hydrogens is 490 g/mol. The molecule has 0 saturated carbocycles. The summed E-state index contributed by atoms with van der Waals surface area (Å²) < 4.78 is 46.7. The van der Waals surface area contributed by atoms with Gasteiger partial charge in [0.15, 0.2) is 11.6 Å². The molecule has 0 unspecified atom stereocenters. The molecule has 2 aromatic heterocycles. The Morgan fingerprint density at radius 2 is 1.18 bits per heavy atom. The van der Waals surface area contributed by atoms with Gasteiger partial charge in [0.05, 0.1) is 6.85 Å². The molecule has 0 saturated heterocycles. The van der Waals surface area contributed by atoms with Crippen molar-refractivity contribution in [1.82, 2.24) is 15.0 Å². The van der Waals surface area contributed by atoms with Crippen LogP contribution in [0.5, 0.6) is 0 Å². The van der Waals surface area contributed by atoms with Crippen LogP contribution >= 0.6 is 11.6 Å². The maximum absolute atomic E-state index is 8.33. The Bertz CT molecular complexity index is 2170. The molecule has 7 aromatic rings. The van der Waals surface area contributed by atoms with Gasteiger partial charge < -0.3 is 4.42 Å². The Morgan fingerprint density at radius 3 is 1.97 bits per heavy atom. The largest absolute Gasteiger partial charge is 0.456 e. The monoisotopic (exact) mass is 514 g/mol. The van der Waals surface area contributed by atoms with Gasteiger partial charge in [-0.2, -0.15) is 9.97 Å². The molecule has 0 aliphatic heterocycles. The fourth-order valence-corrected chi connectivity index (χ4v) is 4.68. The van der Waals surface area contributed by atoms with E-state index in [-0.39, 0.29) is 35.0 Å². The highest BCUT2D eigenvalue weighted by Gasteiger charge is 2.14. The lowest BCUT2D eigenvalue weighted by atomic mass is 10.0. The van der Waals surface area contributed by atoms with Crippen molar-refractivity contribution in [1.29, 1.82) is 0 Å². The summed E-state index contributed by atoms with van der Waals surface area (Å²) in [7, 11) is 0. The number of furan rings is 1. The van der Waals surface area contributed by atoms with Crippen molar-refractivity contribution in [2.75, 3.05) is 0 Å². The average Bonchev–Trinajstić information content (AvgIpc) is 3.40. The molecule has 38 heavy (non-hydrogen) atoms. The second-order valence-electron chi connectivity index (χ2n) is 8.72. The minimum atomic E-state index is -0.429. The van der Waals surface area contributed by atoms with E-state index >= 15 is 0 Å². The Hall–Kier alpha value is -4.80. The van der Waals surface area contributed by atoms with E-state index in [1.54, 1.807) is 12.1 Å². The third-order valence-electron chi connectivity index (χ3n) is 6.38. The number of nitrogens with zero attached hydrogens (tertiary/aromatic N) is 3. The zero-order chi connectivity index (χ0) is 29.8. The van der Waals surface area contributed by atoms with Crippen molar-refractivity contribution < 1.29 is 11.3 Å². The molecule has 180 valence electrons. The quantitative estimate of drug-likeness (QED) is 0.235. The minimum Gasteiger partial charge on any atom is -0.456 e. The van der Waals surface area contributed by atoms with E-state index in [1.807, 2.05) is 66.7 Å². The highest BCUT2D eigenvalue weighted by molar-refractivity contribution is 6.28. The highest BCUT2D eigenvalue weighted by Crippen LogP contribution is 2.34. The van der Waals surface area contributed by atoms with E-state index in [0.29, 0.717) is 28.4 Å². The molecule has 4 nitrogen and oxygen atoms in total. The Labute approximate surface area is 231 Å². The third kappa shape index (κ3) is 4.11. The zero-order valence-electron chi connectivity index (χ0n) is 24.8. The number of halogens is 1. The summed E-state index contributed by atoms with van der Waals surface area (Å²) in [6, 6.07) is 27.1. The predicted octanol–water partition coefficient (Wildman–Crippen LogP) is 9.09. The summed E-state index contributed by atoms with van der Waals surface area (Å²) in [5.41, 5.74) is 5.45. The van der Waals surface area contributed by atoms with Crippen LogP contribution in [-0.4, -0.2) is 15.0 Å². The molecule has 0 atom stereocenters. The first-order valence-corrected chi connectivity index (χ1v) is 12.3. The topological polar surface area (TPSA) is 51.8 Å². The van der Waals surface area contributed by atoms with Crippen LogP contribution in [0.25, 0.3) is 67.0 Å². The van der Waals surface area contributed by atoms with Gasteiger partial charge in [0.2, 0.25) is 5.28 Å². The summed E-state index contributed by atoms with van der Waals surface area (Å²) in [6.45, 7) is 0. The van der Waals surface area contributed by atoms with E-state index in [4.69, 9.17) is 27.9 Å². The van der Waals surface area contributed by atoms with Gasteiger partial charge in [-0.05, 0) is 64.2 Å². The van der Waals surface area contributed by atoms with Crippen molar-refractivity contribution in [2.45, 2.75) is 0 Å². The highest BCUT2D eigenvalue weighted by atomic mass is 35.5. The molecule has 0 amide bonds. The summed E-state index contributed by atoms with van der Waals surface area (Å²) in [4.78, 5) is 13.5. The Kier molecular flexibility index (Phi) is 4.29. The van der Waals surface area contributed by atoms with E-state index in [1.165, 1.54) is 0 Å². The van der Waals surface area contributed by atoms with Gasteiger partial charge >= 0.3 is 0 Å². The predicted molar refractivity (Wildman–Crippen MR) is 154 cm³/mol. The van der Waals surface area contributed by atoms with E-state index in [0.717, 1.165) is 33.0 Å². The van der Waals surface area contributed by atoms with Crippen molar-refractivity contribution in [3.8, 4) is 45.0 Å². The van der Waals surface area contributed by atoms with E-state index in [2.05, 4.69) is 22.1 Å². The molecule has 0 N–H and O–H groups in total. The number of aromatic nitrogens is 3. The van der Waals surface area contributed by atoms with Crippen LogP contribution < -0.4 is 0 Å². The lowest BCUT2D eigenvalue weighted by Crippen LogP contribution is -1.97. The van der Waals surface area contributed by atoms with Crippen LogP contribution in [0.1, 0.15) is 6.85 Å². The molecule has 0 radical (unpaired) electrons. The number of rotatable bonds is 4. The normalized spacial score (nSPS) is 13.1. The average molecular weight is 515 g/mol. The molecule has 0 aliphatic rings. The number of benzene rings is 5. The molecule has 0 fully saturated rings. The van der Waals surface area contributed by atoms with Crippen molar-refractivity contribution in [3.05, 3.63) is 126 Å². The second kappa shape index (κ2) is 9.25. The van der Waals surface area contributed by atoms with Crippen LogP contribution in [0.2, 0.25) is 5.28 Å². The molecule has 7 rings (SSSR count). The SMILES string of the molecule is [2H]c1c([2H])c([2H])c(-c2ccc3c(c2)oc2ccc(-c4nc(Cl)nc(-c5ccc(-c6ccccc6)cc5)n4)cc23)c([2H])c1[2H]. The van der Waals surface area contributed by atoms with Gasteiger partial charge in [-0.1, -0.05) is 90.9 Å². The number of fused-ring (bicyclic) bond motifs is 3. The van der Waals surface area contributed by atoms with Crippen LogP contribution in [0.15, 0.2) is 126 Å². The van der Waals surface area contributed by atoms with Gasteiger partial charge in [-0.25, -0.2) is 4.98 Å². The summed E-state index contributed by atoms with van der Waals surface area (Å²) in [5, 5.41) is 1.68. The van der Waals surface area contributed by atoms with Crippen LogP contribution in [0, 0.1) is 0 Å². The van der Waals surface area contributed by atoms with Crippen LogP contribution in [0.4, 0.5) is 0 Å². The summed E-state index contributed by atoms with van der Waals surface area (Å²) >= 11 is 6.35. The molecule has 5 heteroatoms. The standard InChI is InChI=1S/C33H20ClN3O/c34-33-36-31(24-13-11-23(12-14-24)21-7-3-1-4-8-21)35-32(37-33)26-16-18-29-28(19-26)27-17-15-25(20-30(27)38-29)22-9-5-2-6-10-22/h1-20H/i2D,5D,6D,9D,10D. The van der Waals surface area contributed by atoms with E-state index in [9.17, 15) is 0 Å². The summed E-state index contributed by atoms with van der Waals surface area (Å²) in [6.07, 6.45) is 0. The first kappa shape index (κ1) is 17.6. The first-order valence-electron chi connectivity index (χ1n) is 14.4. The molecule has 0 bridgehead atoms. The van der Waals surface area contributed by atoms with Gasteiger partial charge in [0.1, 0.15) is 11.2 Å². The molecule has 5 aromatic carbocycles. The number of hydrogen-bond acceptors (Lipinski definition) is 4. The fraction of sp³-hybridized carbons (Fsp3) is 0. The summed E-state index contributed by atoms with van der Waals surface area (Å²) in [5.74, 6) is 0.865. The third-order valence-corrected chi connectivity index (χ3v) is 6.55. The Morgan fingerprint density at radius 1 is 0.526 bits per heavy atom. The maximum atomic E-state index is 8.33. The lowest BCUT2D eigenvalue weighted by molar-refractivity contribution is 0.669. The van der Waals surface area contributed by atoms with Crippen molar-refractivity contribution in [2.24, 2.45) is 0 Å². The maximum Gasteiger partial charge on any atom is 0.226 e. The molecular formula is C33H20ClN3O. The van der Waals surface area contributed by atoms with Gasteiger partial charge in [-0.3, -0.25) is 0 Å². The molecule has 0 aliphatic carbocycles. The molecule has 2 heterocycles. The first-order chi connectivity index (χ1) is 20.8. The molecule has 0 spiro atoms. The number of hydrogen-bond donors (Lipinski definition) is 0. The zero-order valence-corrected chi connectivity index (χ0v) is 20.5. The van der Waals surface area contributed by atoms with Gasteiger partial charge in [0.25, 0.3) is 0 Å². The van der Waals surface area contributed by atoms with Crippen molar-refractivity contribution >= 4 is 33.5 Å². The smallest absolute Gasteiger partial charge is 0.226 e. The second-order valence-corrected chi connectivity index (χ2v) is 9.06. The Balaban J connectivity index is 1.27. The van der Waals surface area contributed by atoms with Crippen LogP contribution in [0.3, 0.4) is 0 Å². The van der Waals surface area contributed by atoms with E-state index < -0.39 is 6.04 Å². The minimum absolute atomic E-state index is 0.0764. The van der Waals surface area contributed by atoms with Gasteiger partial charge in [-0.15, -0.1) is 0 Å². The van der Waals surface area contributed by atoms with Crippen molar-refractivity contribution in [3.63, 3.8) is 0 Å².